The zero-order chi connectivity index (χ0) is 12.1. The van der Waals surface area contributed by atoms with E-state index in [0.717, 1.165) is 45.7 Å². The Morgan fingerprint density at radius 3 is 2.76 bits per heavy atom. The molecule has 2 aliphatic rings. The number of hydrogen-bond acceptors (Lipinski definition) is 5. The average molecular weight is 244 g/mol. The van der Waals surface area contributed by atoms with E-state index in [4.69, 9.17) is 9.47 Å². The maximum Gasteiger partial charge on any atom is 0.0791 e. The van der Waals surface area contributed by atoms with Crippen LogP contribution in [0.1, 0.15) is 12.8 Å². The first kappa shape index (κ1) is 13.2. The van der Waals surface area contributed by atoms with Crippen molar-refractivity contribution in [1.29, 1.82) is 0 Å². The Labute approximate surface area is 103 Å². The van der Waals surface area contributed by atoms with Gasteiger partial charge in [-0.3, -0.25) is 4.90 Å². The van der Waals surface area contributed by atoms with Crippen LogP contribution in [-0.4, -0.2) is 74.8 Å². The van der Waals surface area contributed by atoms with E-state index in [0.29, 0.717) is 18.7 Å². The first-order valence-electron chi connectivity index (χ1n) is 6.52. The highest BCUT2D eigenvalue weighted by Gasteiger charge is 2.28. The Bertz CT molecular complexity index is 216. The van der Waals surface area contributed by atoms with E-state index in [1.54, 1.807) is 7.11 Å². The van der Waals surface area contributed by atoms with E-state index in [1.165, 1.54) is 0 Å². The third-order valence-electron chi connectivity index (χ3n) is 3.64. The van der Waals surface area contributed by atoms with E-state index < -0.39 is 0 Å². The Morgan fingerprint density at radius 1 is 1.41 bits per heavy atom. The van der Waals surface area contributed by atoms with E-state index in [-0.39, 0.29) is 6.10 Å². The van der Waals surface area contributed by atoms with Gasteiger partial charge in [0.15, 0.2) is 0 Å². The van der Waals surface area contributed by atoms with Crippen molar-refractivity contribution < 1.29 is 14.6 Å². The summed E-state index contributed by atoms with van der Waals surface area (Å²) in [6.45, 7) is 4.88. The minimum absolute atomic E-state index is 0.283. The molecule has 0 spiro atoms. The quantitative estimate of drug-likeness (QED) is 0.656. The number of methoxy groups -OCH3 is 1. The van der Waals surface area contributed by atoms with Gasteiger partial charge in [0.25, 0.3) is 0 Å². The van der Waals surface area contributed by atoms with Gasteiger partial charge in [0.1, 0.15) is 0 Å². The lowest BCUT2D eigenvalue weighted by Crippen LogP contribution is -2.49. The van der Waals surface area contributed by atoms with Crippen LogP contribution in [0.4, 0.5) is 0 Å². The molecule has 1 unspecified atom stereocenters. The predicted octanol–water partition coefficient (Wildman–Crippen LogP) is -0.553. The minimum atomic E-state index is -0.283. The summed E-state index contributed by atoms with van der Waals surface area (Å²) in [6.07, 6.45) is 2.28. The van der Waals surface area contributed by atoms with Crippen molar-refractivity contribution in [2.45, 2.75) is 31.1 Å². The number of aliphatic hydroxyl groups excluding tert-OH is 1. The zero-order valence-electron chi connectivity index (χ0n) is 10.6. The summed E-state index contributed by atoms with van der Waals surface area (Å²) in [4.78, 5) is 2.26. The van der Waals surface area contributed by atoms with Gasteiger partial charge in [-0.25, -0.2) is 0 Å². The summed E-state index contributed by atoms with van der Waals surface area (Å²) in [5, 5.41) is 13.3. The van der Waals surface area contributed by atoms with Crippen LogP contribution in [-0.2, 0) is 9.47 Å². The van der Waals surface area contributed by atoms with E-state index in [2.05, 4.69) is 10.2 Å². The molecule has 5 nitrogen and oxygen atoms in total. The Morgan fingerprint density at radius 2 is 2.12 bits per heavy atom. The van der Waals surface area contributed by atoms with Crippen LogP contribution in [0.5, 0.6) is 0 Å². The summed E-state index contributed by atoms with van der Waals surface area (Å²) in [7, 11) is 1.76. The summed E-state index contributed by atoms with van der Waals surface area (Å²) in [6, 6.07) is 0.527. The fourth-order valence-electron chi connectivity index (χ4n) is 2.37. The zero-order valence-corrected chi connectivity index (χ0v) is 10.6. The van der Waals surface area contributed by atoms with Crippen molar-refractivity contribution in [3.05, 3.63) is 0 Å². The number of β-amino-alcohol motifs (C(OH)–C–C–N with tert-alkyl or cyclic N) is 1. The van der Waals surface area contributed by atoms with E-state index in [1.807, 2.05) is 0 Å². The molecule has 0 aromatic rings. The first-order valence-corrected chi connectivity index (χ1v) is 6.52. The molecule has 5 heteroatoms. The largest absolute Gasteiger partial charge is 0.390 e. The standard InChI is InChI=1S/C12H24N2O3/c1-16-12-6-10(7-12)13-8-11(15)9-14-2-4-17-5-3-14/h10-13,15H,2-9H2,1H3. The third kappa shape index (κ3) is 4.19. The van der Waals surface area contributed by atoms with Crippen molar-refractivity contribution in [3.8, 4) is 0 Å². The number of rotatable bonds is 6. The van der Waals surface area contributed by atoms with Gasteiger partial charge in [-0.15, -0.1) is 0 Å². The van der Waals surface area contributed by atoms with Crippen LogP contribution < -0.4 is 5.32 Å². The molecule has 2 N–H and O–H groups in total. The van der Waals surface area contributed by atoms with Crippen LogP contribution in [0.25, 0.3) is 0 Å². The van der Waals surface area contributed by atoms with Crippen molar-refractivity contribution >= 4 is 0 Å². The fraction of sp³-hybridized carbons (Fsp3) is 1.00. The lowest BCUT2D eigenvalue weighted by atomic mass is 9.89. The van der Waals surface area contributed by atoms with E-state index >= 15 is 0 Å². The maximum atomic E-state index is 9.92. The number of aliphatic hydroxyl groups is 1. The van der Waals surface area contributed by atoms with Crippen LogP contribution in [0.15, 0.2) is 0 Å². The molecule has 100 valence electrons. The summed E-state index contributed by atoms with van der Waals surface area (Å²) >= 11 is 0. The van der Waals surface area contributed by atoms with Crippen molar-refractivity contribution in [2.24, 2.45) is 0 Å². The normalized spacial score (nSPS) is 32.1. The number of ether oxygens (including phenoxy) is 2. The minimum Gasteiger partial charge on any atom is -0.390 e. The summed E-state index contributed by atoms with van der Waals surface area (Å²) in [5.74, 6) is 0. The average Bonchev–Trinajstić information content (AvgIpc) is 2.28. The van der Waals surface area contributed by atoms with Crippen LogP contribution in [0.3, 0.4) is 0 Å². The molecule has 1 saturated heterocycles. The van der Waals surface area contributed by atoms with Gasteiger partial charge in [-0.2, -0.15) is 0 Å². The third-order valence-corrected chi connectivity index (χ3v) is 3.64. The highest BCUT2D eigenvalue weighted by atomic mass is 16.5. The molecular formula is C12H24N2O3. The number of morpholine rings is 1. The second-order valence-corrected chi connectivity index (χ2v) is 5.00. The molecule has 17 heavy (non-hydrogen) atoms. The molecule has 0 bridgehead atoms. The predicted molar refractivity (Wildman–Crippen MR) is 65.1 cm³/mol. The van der Waals surface area contributed by atoms with Crippen molar-refractivity contribution in [2.75, 3.05) is 46.5 Å². The van der Waals surface area contributed by atoms with Crippen molar-refractivity contribution in [3.63, 3.8) is 0 Å². The molecule has 0 aromatic heterocycles. The molecule has 2 fully saturated rings. The van der Waals surface area contributed by atoms with Gasteiger partial charge in [-0.05, 0) is 12.8 Å². The first-order chi connectivity index (χ1) is 8.28. The molecule has 1 aliphatic heterocycles. The molecule has 0 radical (unpaired) electrons. The number of nitrogens with one attached hydrogen (secondary N) is 1. The van der Waals surface area contributed by atoms with Crippen LogP contribution >= 0.6 is 0 Å². The molecule has 1 heterocycles. The topological polar surface area (TPSA) is 54.0 Å². The SMILES string of the molecule is COC1CC(NCC(O)CN2CCOCC2)C1. The van der Waals surface area contributed by atoms with Gasteiger partial charge in [0, 0.05) is 39.3 Å². The Kier molecular flexibility index (Phi) is 5.18. The van der Waals surface area contributed by atoms with Crippen molar-refractivity contribution in [1.82, 2.24) is 10.2 Å². The Balaban J connectivity index is 1.53. The molecule has 2 rings (SSSR count). The fourth-order valence-corrected chi connectivity index (χ4v) is 2.37. The van der Waals surface area contributed by atoms with Gasteiger partial charge in [0.2, 0.25) is 0 Å². The number of nitrogens with zero attached hydrogens (tertiary/aromatic N) is 1. The second kappa shape index (κ2) is 6.66. The van der Waals surface area contributed by atoms with E-state index in [9.17, 15) is 5.11 Å². The second-order valence-electron chi connectivity index (χ2n) is 5.00. The molecule has 1 saturated carbocycles. The van der Waals surface area contributed by atoms with Gasteiger partial charge >= 0.3 is 0 Å². The highest BCUT2D eigenvalue weighted by Crippen LogP contribution is 2.22. The summed E-state index contributed by atoms with van der Waals surface area (Å²) in [5.41, 5.74) is 0. The van der Waals surface area contributed by atoms with Gasteiger partial charge < -0.3 is 19.9 Å². The molecule has 1 atom stereocenters. The molecule has 0 amide bonds. The molecular weight excluding hydrogens is 220 g/mol. The number of hydrogen-bond donors (Lipinski definition) is 2. The highest BCUT2D eigenvalue weighted by molar-refractivity contribution is 4.86. The Hall–Kier alpha value is -0.200. The maximum absolute atomic E-state index is 9.92. The molecule has 1 aliphatic carbocycles. The van der Waals surface area contributed by atoms with Crippen LogP contribution in [0.2, 0.25) is 0 Å². The summed E-state index contributed by atoms with van der Waals surface area (Å²) < 4.78 is 10.5. The lowest BCUT2D eigenvalue weighted by Gasteiger charge is -2.36. The lowest BCUT2D eigenvalue weighted by molar-refractivity contribution is 0.00242. The van der Waals surface area contributed by atoms with Crippen LogP contribution in [0, 0.1) is 0 Å². The monoisotopic (exact) mass is 244 g/mol. The smallest absolute Gasteiger partial charge is 0.0791 e. The van der Waals surface area contributed by atoms with Gasteiger partial charge in [0.05, 0.1) is 25.4 Å². The molecule has 0 aromatic carbocycles. The van der Waals surface area contributed by atoms with Gasteiger partial charge in [-0.1, -0.05) is 0 Å².